The van der Waals surface area contributed by atoms with Crippen molar-refractivity contribution < 1.29 is 13.6 Å². The van der Waals surface area contributed by atoms with Gasteiger partial charge in [-0.1, -0.05) is 18.2 Å². The van der Waals surface area contributed by atoms with Gasteiger partial charge >= 0.3 is 0 Å². The fourth-order valence-corrected chi connectivity index (χ4v) is 3.41. The first kappa shape index (κ1) is 17.4. The van der Waals surface area contributed by atoms with E-state index in [4.69, 9.17) is 4.42 Å². The Morgan fingerprint density at radius 1 is 1.24 bits per heavy atom. The van der Waals surface area contributed by atoms with E-state index in [0.29, 0.717) is 6.54 Å². The monoisotopic (exact) mass is 358 g/mol. The largest absolute Gasteiger partial charge is 0.468 e. The first-order chi connectivity index (χ1) is 12.1. The Morgan fingerprint density at radius 2 is 2.04 bits per heavy atom. The average Bonchev–Trinajstić information content (AvgIpc) is 3.27. The summed E-state index contributed by atoms with van der Waals surface area (Å²) in [6.45, 7) is 0.796. The van der Waals surface area contributed by atoms with Crippen LogP contribution in [0, 0.1) is 5.82 Å². The maximum Gasteiger partial charge on any atom is 0.234 e. The predicted octanol–water partition coefficient (Wildman–Crippen LogP) is 3.82. The quantitative estimate of drug-likeness (QED) is 0.698. The first-order valence-corrected chi connectivity index (χ1v) is 8.79. The lowest BCUT2D eigenvalue weighted by molar-refractivity contribution is -0.122. The smallest absolute Gasteiger partial charge is 0.234 e. The van der Waals surface area contributed by atoms with Crippen LogP contribution in [0.4, 0.5) is 4.39 Å². The van der Waals surface area contributed by atoms with Gasteiger partial charge in [-0.05, 0) is 48.3 Å². The first-order valence-electron chi connectivity index (χ1n) is 7.91. The Balaban J connectivity index is 1.67. The molecule has 0 fully saturated rings. The molecule has 2 aromatic heterocycles. The minimum absolute atomic E-state index is 0.100. The van der Waals surface area contributed by atoms with Gasteiger partial charge in [0.25, 0.3) is 0 Å². The molecule has 0 saturated carbocycles. The second-order valence-electron chi connectivity index (χ2n) is 5.82. The van der Waals surface area contributed by atoms with E-state index in [1.807, 2.05) is 41.6 Å². The normalized spacial score (nSPS) is 12.3. The topological polar surface area (TPSA) is 45.5 Å². The predicted molar refractivity (Wildman–Crippen MR) is 95.7 cm³/mol. The maximum absolute atomic E-state index is 13.2. The molecular formula is C19H19FN2O2S. The molecule has 25 heavy (non-hydrogen) atoms. The minimum atomic E-state index is -0.293. The highest BCUT2D eigenvalue weighted by Gasteiger charge is 2.19. The molecule has 0 bridgehead atoms. The number of likely N-dealkylation sites (N-methyl/N-ethyl adjacent to an activating group) is 1. The molecule has 0 spiro atoms. The van der Waals surface area contributed by atoms with Crippen LogP contribution in [0.2, 0.25) is 0 Å². The van der Waals surface area contributed by atoms with Crippen molar-refractivity contribution in [2.24, 2.45) is 0 Å². The zero-order valence-electron chi connectivity index (χ0n) is 13.8. The number of halogens is 1. The average molecular weight is 358 g/mol. The van der Waals surface area contributed by atoms with Gasteiger partial charge in [-0.2, -0.15) is 0 Å². The maximum atomic E-state index is 13.2. The summed E-state index contributed by atoms with van der Waals surface area (Å²) in [5, 5.41) is 5.00. The minimum Gasteiger partial charge on any atom is -0.468 e. The van der Waals surface area contributed by atoms with Gasteiger partial charge in [-0.3, -0.25) is 9.69 Å². The number of hydrogen-bond acceptors (Lipinski definition) is 4. The Morgan fingerprint density at radius 3 is 2.68 bits per heavy atom. The van der Waals surface area contributed by atoms with Crippen LogP contribution in [0.1, 0.15) is 22.2 Å². The van der Waals surface area contributed by atoms with Crippen LogP contribution in [0.15, 0.2) is 64.6 Å². The number of nitrogens with one attached hydrogen (secondary N) is 1. The van der Waals surface area contributed by atoms with Crippen molar-refractivity contribution in [3.05, 3.63) is 82.2 Å². The number of amides is 1. The molecule has 130 valence electrons. The van der Waals surface area contributed by atoms with Gasteiger partial charge in [0.05, 0.1) is 25.4 Å². The lowest BCUT2D eigenvalue weighted by Crippen LogP contribution is -2.37. The molecular weight excluding hydrogens is 339 g/mol. The SMILES string of the molecule is CN(CC(=O)N[C@@H](c1ccc(F)cc1)c1cccs1)Cc1ccco1. The molecule has 6 heteroatoms. The van der Waals surface area contributed by atoms with Crippen molar-refractivity contribution in [2.75, 3.05) is 13.6 Å². The molecule has 4 nitrogen and oxygen atoms in total. The van der Waals surface area contributed by atoms with Crippen LogP contribution < -0.4 is 5.32 Å². The molecule has 0 aliphatic rings. The molecule has 1 N–H and O–H groups in total. The van der Waals surface area contributed by atoms with Crippen molar-refractivity contribution in [1.82, 2.24) is 10.2 Å². The highest BCUT2D eigenvalue weighted by atomic mass is 32.1. The zero-order chi connectivity index (χ0) is 17.6. The second kappa shape index (κ2) is 8.09. The second-order valence-corrected chi connectivity index (χ2v) is 6.80. The molecule has 0 radical (unpaired) electrons. The molecule has 1 amide bonds. The third-order valence-electron chi connectivity index (χ3n) is 3.76. The van der Waals surface area contributed by atoms with Crippen molar-refractivity contribution in [3.63, 3.8) is 0 Å². The van der Waals surface area contributed by atoms with E-state index in [9.17, 15) is 9.18 Å². The van der Waals surface area contributed by atoms with Gasteiger partial charge in [-0.25, -0.2) is 4.39 Å². The standard InChI is InChI=1S/C19H19FN2O2S/c1-22(12-16-4-2-10-24-16)13-18(23)21-19(17-5-3-11-25-17)14-6-8-15(20)9-7-14/h2-11,19H,12-13H2,1H3,(H,21,23)/t19-/m0/s1. The fraction of sp³-hybridized carbons (Fsp3) is 0.211. The van der Waals surface area contributed by atoms with Crippen molar-refractivity contribution in [3.8, 4) is 0 Å². The number of benzene rings is 1. The number of nitrogens with zero attached hydrogens (tertiary/aromatic N) is 1. The molecule has 0 aliphatic carbocycles. The number of rotatable bonds is 7. The van der Waals surface area contributed by atoms with Crippen LogP contribution in [0.3, 0.4) is 0 Å². The molecule has 0 saturated heterocycles. The van der Waals surface area contributed by atoms with E-state index in [1.54, 1.807) is 29.7 Å². The van der Waals surface area contributed by atoms with E-state index in [-0.39, 0.29) is 24.3 Å². The molecule has 0 unspecified atom stereocenters. The Hall–Kier alpha value is -2.44. The summed E-state index contributed by atoms with van der Waals surface area (Å²) in [6, 6.07) is 13.5. The molecule has 3 aromatic rings. The highest BCUT2D eigenvalue weighted by Crippen LogP contribution is 2.26. The van der Waals surface area contributed by atoms with Gasteiger partial charge in [-0.15, -0.1) is 11.3 Å². The number of carbonyl (C=O) groups is 1. The van der Waals surface area contributed by atoms with Crippen LogP contribution in [-0.2, 0) is 11.3 Å². The van der Waals surface area contributed by atoms with E-state index < -0.39 is 0 Å². The number of hydrogen-bond donors (Lipinski definition) is 1. The molecule has 2 heterocycles. The molecule has 1 aromatic carbocycles. The summed E-state index contributed by atoms with van der Waals surface area (Å²) >= 11 is 1.56. The van der Waals surface area contributed by atoms with E-state index in [2.05, 4.69) is 5.32 Å². The zero-order valence-corrected chi connectivity index (χ0v) is 14.6. The van der Waals surface area contributed by atoms with E-state index in [1.165, 1.54) is 12.1 Å². The lowest BCUT2D eigenvalue weighted by Gasteiger charge is -2.21. The van der Waals surface area contributed by atoms with E-state index in [0.717, 1.165) is 16.2 Å². The summed E-state index contributed by atoms with van der Waals surface area (Å²) < 4.78 is 18.5. The van der Waals surface area contributed by atoms with E-state index >= 15 is 0 Å². The highest BCUT2D eigenvalue weighted by molar-refractivity contribution is 7.10. The summed E-state index contributed by atoms with van der Waals surface area (Å²) in [7, 11) is 1.86. The molecule has 1 atom stereocenters. The van der Waals surface area contributed by atoms with Crippen LogP contribution in [0.25, 0.3) is 0 Å². The third-order valence-corrected chi connectivity index (χ3v) is 4.69. The Kier molecular flexibility index (Phi) is 5.63. The Bertz CT molecular complexity index is 785. The van der Waals surface area contributed by atoms with Gasteiger partial charge in [0.2, 0.25) is 5.91 Å². The van der Waals surface area contributed by atoms with Gasteiger partial charge in [0, 0.05) is 4.88 Å². The van der Waals surface area contributed by atoms with Crippen molar-refractivity contribution in [1.29, 1.82) is 0 Å². The van der Waals surface area contributed by atoms with Crippen LogP contribution in [0.5, 0.6) is 0 Å². The van der Waals surface area contributed by atoms with Crippen molar-refractivity contribution in [2.45, 2.75) is 12.6 Å². The molecule has 3 rings (SSSR count). The molecule has 0 aliphatic heterocycles. The number of furan rings is 1. The number of carbonyl (C=O) groups excluding carboxylic acids is 1. The van der Waals surface area contributed by atoms with Gasteiger partial charge in [0.1, 0.15) is 11.6 Å². The summed E-state index contributed by atoms with van der Waals surface area (Å²) in [6.07, 6.45) is 1.62. The van der Waals surface area contributed by atoms with Crippen LogP contribution in [-0.4, -0.2) is 24.4 Å². The Labute approximate surface area is 149 Å². The summed E-state index contributed by atoms with van der Waals surface area (Å²) in [4.78, 5) is 15.4. The summed E-state index contributed by atoms with van der Waals surface area (Å²) in [5.74, 6) is 0.415. The fourth-order valence-electron chi connectivity index (χ4n) is 2.61. The van der Waals surface area contributed by atoms with Gasteiger partial charge in [0.15, 0.2) is 0 Å². The summed E-state index contributed by atoms with van der Waals surface area (Å²) in [5.41, 5.74) is 0.853. The third kappa shape index (κ3) is 4.78. The number of thiophene rings is 1. The van der Waals surface area contributed by atoms with Gasteiger partial charge < -0.3 is 9.73 Å². The van der Waals surface area contributed by atoms with Crippen molar-refractivity contribution >= 4 is 17.2 Å². The lowest BCUT2D eigenvalue weighted by atomic mass is 10.1. The van der Waals surface area contributed by atoms with Crippen LogP contribution >= 0.6 is 11.3 Å².